The van der Waals surface area contributed by atoms with Crippen molar-refractivity contribution in [3.8, 4) is 5.75 Å². The number of aromatic hydroxyl groups is 1. The number of phenols is 1. The van der Waals surface area contributed by atoms with Crippen LogP contribution in [0.1, 0.15) is 23.7 Å². The van der Waals surface area contributed by atoms with E-state index in [4.69, 9.17) is 9.84 Å². The first-order valence-electron chi connectivity index (χ1n) is 6.23. The fourth-order valence-corrected chi connectivity index (χ4v) is 2.07. The van der Waals surface area contributed by atoms with Gasteiger partial charge >= 0.3 is 12.0 Å². The molecule has 2 rings (SSSR count). The summed E-state index contributed by atoms with van der Waals surface area (Å²) < 4.78 is 5.32. The molecule has 2 unspecified atom stereocenters. The number of carboxylic acids is 1. The molecule has 1 aromatic rings. The molecule has 1 saturated heterocycles. The lowest BCUT2D eigenvalue weighted by atomic mass is 10.1. The molecule has 1 fully saturated rings. The molecule has 0 aromatic heterocycles. The van der Waals surface area contributed by atoms with E-state index in [1.54, 1.807) is 0 Å². The molecule has 1 aliphatic heterocycles. The van der Waals surface area contributed by atoms with Gasteiger partial charge in [0.05, 0.1) is 23.4 Å². The van der Waals surface area contributed by atoms with Crippen LogP contribution in [0.2, 0.25) is 0 Å². The Balaban J connectivity index is 2.06. The number of carbonyl (C=O) groups is 2. The van der Waals surface area contributed by atoms with Crippen molar-refractivity contribution in [3.05, 3.63) is 23.8 Å². The molecule has 108 valence electrons. The van der Waals surface area contributed by atoms with Gasteiger partial charge in [0, 0.05) is 6.61 Å². The zero-order chi connectivity index (χ0) is 14.7. The Morgan fingerprint density at radius 1 is 1.40 bits per heavy atom. The summed E-state index contributed by atoms with van der Waals surface area (Å²) in [7, 11) is 0. The zero-order valence-electron chi connectivity index (χ0n) is 10.9. The molecule has 4 N–H and O–H groups in total. The minimum absolute atomic E-state index is 0.0699. The van der Waals surface area contributed by atoms with Crippen LogP contribution in [-0.2, 0) is 4.74 Å². The van der Waals surface area contributed by atoms with Gasteiger partial charge in [-0.05, 0) is 31.5 Å². The monoisotopic (exact) mass is 280 g/mol. The number of phenolic OH excluding ortho intramolecular Hbond substituents is 1. The lowest BCUT2D eigenvalue weighted by molar-refractivity contribution is 0.0697. The number of ether oxygens (including phenoxy) is 1. The van der Waals surface area contributed by atoms with E-state index in [0.29, 0.717) is 6.61 Å². The quantitative estimate of drug-likeness (QED) is 0.626. The molecule has 2 amide bonds. The Morgan fingerprint density at radius 3 is 2.75 bits per heavy atom. The van der Waals surface area contributed by atoms with Gasteiger partial charge in [0.1, 0.15) is 5.75 Å². The number of hydrogen-bond donors (Lipinski definition) is 4. The van der Waals surface area contributed by atoms with E-state index in [1.165, 1.54) is 12.1 Å². The highest BCUT2D eigenvalue weighted by Crippen LogP contribution is 2.21. The summed E-state index contributed by atoms with van der Waals surface area (Å²) in [6, 6.07) is 3.14. The minimum Gasteiger partial charge on any atom is -0.508 e. The Hall–Kier alpha value is -2.28. The van der Waals surface area contributed by atoms with Crippen molar-refractivity contribution in [2.24, 2.45) is 0 Å². The SMILES string of the molecule is CC1OCCC1NC(=O)Nc1ccc(O)cc1C(=O)O. The van der Waals surface area contributed by atoms with Crippen molar-refractivity contribution in [1.29, 1.82) is 0 Å². The largest absolute Gasteiger partial charge is 0.508 e. The second kappa shape index (κ2) is 5.79. The first-order chi connectivity index (χ1) is 9.47. The lowest BCUT2D eigenvalue weighted by Crippen LogP contribution is -2.41. The highest BCUT2D eigenvalue weighted by Gasteiger charge is 2.26. The van der Waals surface area contributed by atoms with Crippen molar-refractivity contribution in [2.75, 3.05) is 11.9 Å². The summed E-state index contributed by atoms with van der Waals surface area (Å²) in [5.41, 5.74) is -0.0461. The van der Waals surface area contributed by atoms with Crippen LogP contribution in [0.3, 0.4) is 0 Å². The molecule has 0 spiro atoms. The molecule has 0 radical (unpaired) electrons. The molecule has 0 saturated carbocycles. The molecule has 7 nitrogen and oxygen atoms in total. The Morgan fingerprint density at radius 2 is 2.15 bits per heavy atom. The lowest BCUT2D eigenvalue weighted by Gasteiger charge is -2.17. The van der Waals surface area contributed by atoms with Gasteiger partial charge < -0.3 is 25.6 Å². The Labute approximate surface area is 115 Å². The van der Waals surface area contributed by atoms with Gasteiger partial charge in [-0.25, -0.2) is 9.59 Å². The number of anilines is 1. The number of carbonyl (C=O) groups excluding carboxylic acids is 1. The fourth-order valence-electron chi connectivity index (χ4n) is 2.07. The highest BCUT2D eigenvalue weighted by atomic mass is 16.5. The maximum atomic E-state index is 11.8. The molecular weight excluding hydrogens is 264 g/mol. The number of hydrogen-bond acceptors (Lipinski definition) is 4. The van der Waals surface area contributed by atoms with Gasteiger partial charge in [0.15, 0.2) is 0 Å². The van der Waals surface area contributed by atoms with Crippen LogP contribution < -0.4 is 10.6 Å². The third-order valence-electron chi connectivity index (χ3n) is 3.17. The first kappa shape index (κ1) is 14.1. The molecule has 7 heteroatoms. The van der Waals surface area contributed by atoms with Crippen LogP contribution >= 0.6 is 0 Å². The smallest absolute Gasteiger partial charge is 0.337 e. The van der Waals surface area contributed by atoms with Crippen LogP contribution in [0.4, 0.5) is 10.5 Å². The van der Waals surface area contributed by atoms with Crippen molar-refractivity contribution in [3.63, 3.8) is 0 Å². The summed E-state index contributed by atoms with van der Waals surface area (Å²) in [5, 5.41) is 23.5. The normalized spacial score (nSPS) is 21.4. The first-order valence-corrected chi connectivity index (χ1v) is 6.23. The summed E-state index contributed by atoms with van der Waals surface area (Å²) in [6.45, 7) is 2.45. The molecule has 20 heavy (non-hydrogen) atoms. The number of benzene rings is 1. The number of rotatable bonds is 3. The molecular formula is C13H16N2O5. The second-order valence-electron chi connectivity index (χ2n) is 4.60. The van der Waals surface area contributed by atoms with Gasteiger partial charge in [-0.15, -0.1) is 0 Å². The van der Waals surface area contributed by atoms with Crippen LogP contribution in [-0.4, -0.2) is 41.0 Å². The Bertz CT molecular complexity index is 531. The van der Waals surface area contributed by atoms with Crippen LogP contribution in [0, 0.1) is 0 Å². The van der Waals surface area contributed by atoms with E-state index in [0.717, 1.165) is 12.5 Å². The standard InChI is InChI=1S/C13H16N2O5/c1-7-10(4-5-20-7)14-13(19)15-11-3-2-8(16)6-9(11)12(17)18/h2-3,6-7,10,16H,4-5H2,1H3,(H,17,18)(H2,14,15,19). The van der Waals surface area contributed by atoms with Crippen LogP contribution in [0.5, 0.6) is 5.75 Å². The van der Waals surface area contributed by atoms with Crippen LogP contribution in [0.15, 0.2) is 18.2 Å². The molecule has 1 aliphatic rings. The van der Waals surface area contributed by atoms with E-state index >= 15 is 0 Å². The third-order valence-corrected chi connectivity index (χ3v) is 3.17. The van der Waals surface area contributed by atoms with Crippen molar-refractivity contribution in [1.82, 2.24) is 5.32 Å². The van der Waals surface area contributed by atoms with Gasteiger partial charge in [-0.3, -0.25) is 0 Å². The van der Waals surface area contributed by atoms with Crippen molar-refractivity contribution >= 4 is 17.7 Å². The Kier molecular flexibility index (Phi) is 4.09. The number of carboxylic acid groups (broad SMARTS) is 1. The van der Waals surface area contributed by atoms with E-state index in [2.05, 4.69) is 10.6 Å². The van der Waals surface area contributed by atoms with Gasteiger partial charge in [0.25, 0.3) is 0 Å². The predicted molar refractivity (Wildman–Crippen MR) is 71.0 cm³/mol. The highest BCUT2D eigenvalue weighted by molar-refractivity contribution is 6.00. The summed E-state index contributed by atoms with van der Waals surface area (Å²) >= 11 is 0. The number of urea groups is 1. The average molecular weight is 280 g/mol. The van der Waals surface area contributed by atoms with Crippen molar-refractivity contribution in [2.45, 2.75) is 25.5 Å². The van der Waals surface area contributed by atoms with E-state index in [9.17, 15) is 14.7 Å². The maximum Gasteiger partial charge on any atom is 0.337 e. The summed E-state index contributed by atoms with van der Waals surface area (Å²) in [5.74, 6) is -1.40. The maximum absolute atomic E-state index is 11.8. The summed E-state index contributed by atoms with van der Waals surface area (Å²) in [6.07, 6.45) is 0.648. The zero-order valence-corrected chi connectivity index (χ0v) is 10.9. The number of amides is 2. The number of nitrogens with one attached hydrogen (secondary N) is 2. The van der Waals surface area contributed by atoms with E-state index < -0.39 is 12.0 Å². The van der Waals surface area contributed by atoms with E-state index in [1.807, 2.05) is 6.92 Å². The third kappa shape index (κ3) is 3.18. The van der Waals surface area contributed by atoms with E-state index in [-0.39, 0.29) is 29.1 Å². The predicted octanol–water partition coefficient (Wildman–Crippen LogP) is 1.39. The molecule has 1 aromatic carbocycles. The van der Waals surface area contributed by atoms with Gasteiger partial charge in [-0.1, -0.05) is 0 Å². The van der Waals surface area contributed by atoms with Crippen molar-refractivity contribution < 1.29 is 24.5 Å². The second-order valence-corrected chi connectivity index (χ2v) is 4.60. The summed E-state index contributed by atoms with van der Waals surface area (Å²) in [4.78, 5) is 22.9. The van der Waals surface area contributed by atoms with Gasteiger partial charge in [0.2, 0.25) is 0 Å². The molecule has 0 bridgehead atoms. The van der Waals surface area contributed by atoms with Crippen LogP contribution in [0.25, 0.3) is 0 Å². The molecule has 0 aliphatic carbocycles. The molecule has 2 atom stereocenters. The minimum atomic E-state index is -1.23. The van der Waals surface area contributed by atoms with Gasteiger partial charge in [-0.2, -0.15) is 0 Å². The topological polar surface area (TPSA) is 108 Å². The molecule has 1 heterocycles. The fraction of sp³-hybridized carbons (Fsp3) is 0.385. The number of aromatic carboxylic acids is 1. The average Bonchev–Trinajstić information content (AvgIpc) is 2.77.